The highest BCUT2D eigenvalue weighted by molar-refractivity contribution is 6.31. The molecule has 1 N–H and O–H groups in total. The third kappa shape index (κ3) is 1.73. The Morgan fingerprint density at radius 1 is 1.36 bits per heavy atom. The van der Waals surface area contributed by atoms with Crippen LogP contribution in [0.2, 0.25) is 5.02 Å². The lowest BCUT2D eigenvalue weighted by Crippen LogP contribution is -1.81. The number of nitrogens with one attached hydrogen (secondary N) is 1. The van der Waals surface area contributed by atoms with Crippen molar-refractivity contribution in [3.63, 3.8) is 0 Å². The number of rotatable bonds is 2. The summed E-state index contributed by atoms with van der Waals surface area (Å²) in [7, 11) is 0. The molecular formula is C11H9ClN2. The maximum atomic E-state index is 8.46. The fraction of sp³-hybridized carbons (Fsp3) is 0.182. The molecule has 0 saturated heterocycles. The van der Waals surface area contributed by atoms with Gasteiger partial charge in [0, 0.05) is 34.5 Å². The average Bonchev–Trinajstić information content (AvgIpc) is 2.56. The third-order valence-corrected chi connectivity index (χ3v) is 2.38. The normalized spacial score (nSPS) is 10.3. The first kappa shape index (κ1) is 9.11. The number of aromatic amines is 1. The van der Waals surface area contributed by atoms with Crippen LogP contribution in [0.1, 0.15) is 12.1 Å². The number of H-pyrrole nitrogens is 1. The molecule has 0 unspecified atom stereocenters. The standard InChI is InChI=1S/C11H9ClN2/c12-9-3-4-11-8(6-9)7-10(14-11)2-1-5-13/h3-4,6-7,14H,1-2H2. The molecule has 0 fully saturated rings. The molecule has 2 rings (SSSR count). The molecule has 14 heavy (non-hydrogen) atoms. The molecule has 1 aromatic carbocycles. The van der Waals surface area contributed by atoms with E-state index in [1.54, 1.807) is 0 Å². The van der Waals surface area contributed by atoms with Crippen LogP contribution in [-0.2, 0) is 6.42 Å². The monoisotopic (exact) mass is 204 g/mol. The van der Waals surface area contributed by atoms with Crippen molar-refractivity contribution in [2.45, 2.75) is 12.8 Å². The SMILES string of the molecule is N#CCCc1cc2cc(Cl)ccc2[nH]1. The molecule has 3 heteroatoms. The minimum absolute atomic E-state index is 0.542. The van der Waals surface area contributed by atoms with E-state index in [4.69, 9.17) is 16.9 Å². The molecule has 2 aromatic rings. The Bertz CT molecular complexity index is 493. The van der Waals surface area contributed by atoms with Crippen molar-refractivity contribution in [1.29, 1.82) is 5.26 Å². The van der Waals surface area contributed by atoms with Crippen LogP contribution in [0.25, 0.3) is 10.9 Å². The summed E-state index contributed by atoms with van der Waals surface area (Å²) in [6.07, 6.45) is 1.31. The van der Waals surface area contributed by atoms with Crippen LogP contribution < -0.4 is 0 Å². The van der Waals surface area contributed by atoms with Crippen LogP contribution in [0, 0.1) is 11.3 Å². The van der Waals surface area contributed by atoms with E-state index < -0.39 is 0 Å². The third-order valence-electron chi connectivity index (χ3n) is 2.14. The highest BCUT2D eigenvalue weighted by Crippen LogP contribution is 2.20. The fourth-order valence-electron chi connectivity index (χ4n) is 1.49. The summed E-state index contributed by atoms with van der Waals surface area (Å²) in [6.45, 7) is 0. The van der Waals surface area contributed by atoms with E-state index in [2.05, 4.69) is 11.1 Å². The average molecular weight is 205 g/mol. The maximum absolute atomic E-state index is 8.46. The number of hydrogen-bond acceptors (Lipinski definition) is 1. The van der Waals surface area contributed by atoms with Gasteiger partial charge in [0.25, 0.3) is 0 Å². The molecule has 0 amide bonds. The summed E-state index contributed by atoms with van der Waals surface area (Å²) in [4.78, 5) is 3.25. The number of halogens is 1. The van der Waals surface area contributed by atoms with E-state index in [1.165, 1.54) is 0 Å². The molecule has 1 aromatic heterocycles. The first-order valence-electron chi connectivity index (χ1n) is 4.44. The van der Waals surface area contributed by atoms with Gasteiger partial charge in [-0.3, -0.25) is 0 Å². The number of aromatic nitrogens is 1. The topological polar surface area (TPSA) is 39.6 Å². The minimum Gasteiger partial charge on any atom is -0.358 e. The molecule has 0 aliphatic heterocycles. The highest BCUT2D eigenvalue weighted by atomic mass is 35.5. The molecule has 0 radical (unpaired) electrons. The second-order valence-corrected chi connectivity index (χ2v) is 3.62. The Kier molecular flexibility index (Phi) is 2.43. The molecule has 0 aliphatic carbocycles. The summed E-state index contributed by atoms with van der Waals surface area (Å²) in [5.41, 5.74) is 2.16. The quantitative estimate of drug-likeness (QED) is 0.801. The van der Waals surface area contributed by atoms with Gasteiger partial charge in [-0.05, 0) is 24.3 Å². The van der Waals surface area contributed by atoms with E-state index in [0.717, 1.165) is 28.0 Å². The maximum Gasteiger partial charge on any atom is 0.0625 e. The fourth-order valence-corrected chi connectivity index (χ4v) is 1.67. The summed E-state index contributed by atoms with van der Waals surface area (Å²) >= 11 is 5.87. The Morgan fingerprint density at radius 3 is 3.00 bits per heavy atom. The molecule has 0 bridgehead atoms. The first-order valence-corrected chi connectivity index (χ1v) is 4.81. The van der Waals surface area contributed by atoms with Gasteiger partial charge in [-0.2, -0.15) is 5.26 Å². The van der Waals surface area contributed by atoms with Gasteiger partial charge in [-0.25, -0.2) is 0 Å². The van der Waals surface area contributed by atoms with Crippen molar-refractivity contribution in [3.05, 3.63) is 35.0 Å². The van der Waals surface area contributed by atoms with Crippen LogP contribution in [0.4, 0.5) is 0 Å². The summed E-state index contributed by atoms with van der Waals surface area (Å²) in [5.74, 6) is 0. The zero-order valence-electron chi connectivity index (χ0n) is 7.55. The molecule has 70 valence electrons. The van der Waals surface area contributed by atoms with E-state index >= 15 is 0 Å². The summed E-state index contributed by atoms with van der Waals surface area (Å²) in [5, 5.41) is 10.3. The number of nitrogens with zero attached hydrogens (tertiary/aromatic N) is 1. The van der Waals surface area contributed by atoms with Gasteiger partial charge in [0.05, 0.1) is 6.07 Å². The largest absolute Gasteiger partial charge is 0.358 e. The van der Waals surface area contributed by atoms with Crippen molar-refractivity contribution in [3.8, 4) is 6.07 Å². The van der Waals surface area contributed by atoms with Crippen LogP contribution in [-0.4, -0.2) is 4.98 Å². The molecular weight excluding hydrogens is 196 g/mol. The van der Waals surface area contributed by atoms with Crippen LogP contribution >= 0.6 is 11.6 Å². The van der Waals surface area contributed by atoms with Gasteiger partial charge in [-0.15, -0.1) is 0 Å². The molecule has 0 aliphatic rings. The molecule has 0 saturated carbocycles. The predicted molar refractivity (Wildman–Crippen MR) is 57.2 cm³/mol. The highest BCUT2D eigenvalue weighted by Gasteiger charge is 2.00. The van der Waals surface area contributed by atoms with Crippen molar-refractivity contribution in [1.82, 2.24) is 4.98 Å². The van der Waals surface area contributed by atoms with Crippen LogP contribution in [0.5, 0.6) is 0 Å². The number of hydrogen-bond donors (Lipinski definition) is 1. The molecule has 0 spiro atoms. The zero-order valence-corrected chi connectivity index (χ0v) is 8.30. The zero-order chi connectivity index (χ0) is 9.97. The Balaban J connectivity index is 2.37. The van der Waals surface area contributed by atoms with Crippen LogP contribution in [0.15, 0.2) is 24.3 Å². The molecule has 0 atom stereocenters. The van der Waals surface area contributed by atoms with Crippen molar-refractivity contribution in [2.24, 2.45) is 0 Å². The van der Waals surface area contributed by atoms with E-state index in [1.807, 2.05) is 24.3 Å². The number of nitriles is 1. The van der Waals surface area contributed by atoms with E-state index in [0.29, 0.717) is 6.42 Å². The lowest BCUT2D eigenvalue weighted by Gasteiger charge is -1.89. The second-order valence-electron chi connectivity index (χ2n) is 3.18. The lowest BCUT2D eigenvalue weighted by atomic mass is 10.2. The second kappa shape index (κ2) is 3.73. The van der Waals surface area contributed by atoms with Gasteiger partial charge in [0.1, 0.15) is 0 Å². The van der Waals surface area contributed by atoms with Gasteiger partial charge < -0.3 is 4.98 Å². The van der Waals surface area contributed by atoms with Crippen molar-refractivity contribution >= 4 is 22.5 Å². The van der Waals surface area contributed by atoms with E-state index in [-0.39, 0.29) is 0 Å². The van der Waals surface area contributed by atoms with Crippen molar-refractivity contribution < 1.29 is 0 Å². The Labute approximate surface area is 87.1 Å². The molecule has 2 nitrogen and oxygen atoms in total. The van der Waals surface area contributed by atoms with Gasteiger partial charge in [0.15, 0.2) is 0 Å². The summed E-state index contributed by atoms with van der Waals surface area (Å²) in [6, 6.07) is 9.89. The molecule has 1 heterocycles. The van der Waals surface area contributed by atoms with Crippen LogP contribution in [0.3, 0.4) is 0 Å². The smallest absolute Gasteiger partial charge is 0.0625 e. The van der Waals surface area contributed by atoms with Gasteiger partial charge >= 0.3 is 0 Å². The summed E-state index contributed by atoms with van der Waals surface area (Å²) < 4.78 is 0. The predicted octanol–water partition coefficient (Wildman–Crippen LogP) is 3.28. The Hall–Kier alpha value is -1.46. The van der Waals surface area contributed by atoms with Gasteiger partial charge in [-0.1, -0.05) is 11.6 Å². The van der Waals surface area contributed by atoms with E-state index in [9.17, 15) is 0 Å². The van der Waals surface area contributed by atoms with Gasteiger partial charge in [0.2, 0.25) is 0 Å². The number of benzene rings is 1. The minimum atomic E-state index is 0.542. The van der Waals surface area contributed by atoms with Crippen molar-refractivity contribution in [2.75, 3.05) is 0 Å². The number of fused-ring (bicyclic) bond motifs is 1. The number of aryl methyl sites for hydroxylation is 1. The Morgan fingerprint density at radius 2 is 2.21 bits per heavy atom. The first-order chi connectivity index (χ1) is 6.79. The lowest BCUT2D eigenvalue weighted by molar-refractivity contribution is 0.973.